The van der Waals surface area contributed by atoms with Crippen LogP contribution in [0.1, 0.15) is 50.2 Å². The van der Waals surface area contributed by atoms with Crippen LogP contribution in [0.4, 0.5) is 5.82 Å². The number of aromatic nitrogens is 1. The normalized spacial score (nSPS) is 32.6. The van der Waals surface area contributed by atoms with Crippen molar-refractivity contribution < 1.29 is 0 Å². The number of fused-ring (bicyclic) bond motifs is 9. The molecule has 10 rings (SSSR count). The highest BCUT2D eigenvalue weighted by Crippen LogP contribution is 2.56. The fourth-order valence-electron chi connectivity index (χ4n) is 10.0. The molecule has 2 aromatic rings. The van der Waals surface area contributed by atoms with Crippen molar-refractivity contribution in [3.05, 3.63) is 161 Å². The largest absolute Gasteiger partial charge is 0.361 e. The summed E-state index contributed by atoms with van der Waals surface area (Å²) in [6.07, 6.45) is 46.9. The molecule has 0 amide bonds. The topological polar surface area (TPSA) is 19.4 Å². The standard InChI is InChI=1S/C44H41N3/c1-44(27-26-29-14-2-3-15-30(29)28-44)47-40-25-13-8-20-35(40)41-34-19-7-11-23-38(34)46(39-24-12-9-21-36(39)42(41)47)43-33-18-5-4-16-31(33)32-17-6-10-22-37(32)45-43/h2-3,5-10,12-15,17-22,24-26,30,35-36,39-40H,4,11,16,23,27-28H2,1H3. The second-order valence-corrected chi connectivity index (χ2v) is 14.7. The number of rotatable bonds is 2. The van der Waals surface area contributed by atoms with Gasteiger partial charge in [-0.2, -0.15) is 0 Å². The first-order valence-corrected chi connectivity index (χ1v) is 17.8. The van der Waals surface area contributed by atoms with Crippen molar-refractivity contribution in [1.29, 1.82) is 0 Å². The minimum absolute atomic E-state index is 0.00384. The first-order valence-electron chi connectivity index (χ1n) is 17.8. The summed E-state index contributed by atoms with van der Waals surface area (Å²) in [6, 6.07) is 9.25. The van der Waals surface area contributed by atoms with Gasteiger partial charge in [0.2, 0.25) is 0 Å². The molecule has 1 aromatic carbocycles. The third-order valence-corrected chi connectivity index (χ3v) is 12.0. The van der Waals surface area contributed by atoms with Gasteiger partial charge in [-0.1, -0.05) is 121 Å². The van der Waals surface area contributed by atoms with Crippen molar-refractivity contribution in [3.63, 3.8) is 0 Å². The average molecular weight is 612 g/mol. The summed E-state index contributed by atoms with van der Waals surface area (Å²) in [5.74, 6) is 2.13. The van der Waals surface area contributed by atoms with Gasteiger partial charge in [-0.15, -0.1) is 0 Å². The molecule has 0 N–H and O–H groups in total. The number of benzene rings is 1. The lowest BCUT2D eigenvalue weighted by Gasteiger charge is -2.51. The molecule has 2 aliphatic heterocycles. The Hall–Kier alpha value is -4.63. The molecule has 3 heterocycles. The van der Waals surface area contributed by atoms with E-state index >= 15 is 0 Å². The Morgan fingerprint density at radius 3 is 2.51 bits per heavy atom. The van der Waals surface area contributed by atoms with Crippen LogP contribution in [0.3, 0.4) is 0 Å². The summed E-state index contributed by atoms with van der Waals surface area (Å²) in [4.78, 5) is 11.2. The van der Waals surface area contributed by atoms with Gasteiger partial charge in [0.05, 0.1) is 17.6 Å². The monoisotopic (exact) mass is 611 g/mol. The zero-order valence-corrected chi connectivity index (χ0v) is 27.1. The van der Waals surface area contributed by atoms with E-state index in [1.165, 1.54) is 39.1 Å². The summed E-state index contributed by atoms with van der Waals surface area (Å²) in [7, 11) is 0. The van der Waals surface area contributed by atoms with Crippen molar-refractivity contribution in [3.8, 4) is 0 Å². The second kappa shape index (κ2) is 10.4. The molecule has 8 aliphatic rings. The molecule has 232 valence electrons. The van der Waals surface area contributed by atoms with Gasteiger partial charge in [-0.25, -0.2) is 4.98 Å². The van der Waals surface area contributed by atoms with Gasteiger partial charge in [0.15, 0.2) is 0 Å². The van der Waals surface area contributed by atoms with Gasteiger partial charge in [0.1, 0.15) is 5.82 Å². The first-order chi connectivity index (χ1) is 23.2. The van der Waals surface area contributed by atoms with Crippen LogP contribution in [-0.4, -0.2) is 27.5 Å². The van der Waals surface area contributed by atoms with Crippen LogP contribution in [0.15, 0.2) is 150 Å². The van der Waals surface area contributed by atoms with E-state index in [4.69, 9.17) is 4.98 Å². The Morgan fingerprint density at radius 2 is 1.57 bits per heavy atom. The molecule has 6 atom stereocenters. The molecule has 3 heteroatoms. The van der Waals surface area contributed by atoms with Crippen LogP contribution in [0.2, 0.25) is 0 Å². The van der Waals surface area contributed by atoms with Crippen LogP contribution in [0.25, 0.3) is 17.0 Å². The molecule has 0 spiro atoms. The summed E-state index contributed by atoms with van der Waals surface area (Å²) < 4.78 is 0. The maximum absolute atomic E-state index is 5.56. The summed E-state index contributed by atoms with van der Waals surface area (Å²) in [5, 5.41) is 1.30. The van der Waals surface area contributed by atoms with Crippen molar-refractivity contribution in [2.45, 2.75) is 63.1 Å². The predicted octanol–water partition coefficient (Wildman–Crippen LogP) is 9.63. The number of nitrogens with zero attached hydrogens (tertiary/aromatic N) is 3. The van der Waals surface area contributed by atoms with Crippen molar-refractivity contribution >= 4 is 22.8 Å². The van der Waals surface area contributed by atoms with Crippen molar-refractivity contribution in [2.24, 2.45) is 17.8 Å². The minimum atomic E-state index is -0.00384. The number of hydrogen-bond acceptors (Lipinski definition) is 3. The Labute approximate surface area is 278 Å². The highest BCUT2D eigenvalue weighted by molar-refractivity contribution is 5.91. The summed E-state index contributed by atoms with van der Waals surface area (Å²) in [5.41, 5.74) is 11.3. The van der Waals surface area contributed by atoms with E-state index in [1.54, 1.807) is 5.57 Å². The molecule has 1 aromatic heterocycles. The molecule has 0 saturated carbocycles. The predicted molar refractivity (Wildman–Crippen MR) is 194 cm³/mol. The molecule has 0 radical (unpaired) electrons. The Kier molecular flexibility index (Phi) is 6.10. The van der Waals surface area contributed by atoms with E-state index in [-0.39, 0.29) is 17.5 Å². The first kappa shape index (κ1) is 27.5. The SMILES string of the molecule is CC1(N2C3=C(C4=C(CCC=C4)N(c4nc5ccccc5c5c4C=CCC5)C4C=CC=CC34)C3C=CC=CC32)CC=C2C=CC=CC2C1. The molecule has 3 nitrogen and oxygen atoms in total. The third-order valence-electron chi connectivity index (χ3n) is 12.0. The molecule has 6 unspecified atom stereocenters. The molecule has 6 aliphatic carbocycles. The van der Waals surface area contributed by atoms with E-state index in [0.29, 0.717) is 17.9 Å². The number of aryl methyl sites for hydroxylation is 1. The fourth-order valence-corrected chi connectivity index (χ4v) is 10.0. The maximum Gasteiger partial charge on any atom is 0.141 e. The smallest absolute Gasteiger partial charge is 0.141 e. The fraction of sp³-hybridized carbons (Fsp3) is 0.295. The van der Waals surface area contributed by atoms with Crippen molar-refractivity contribution in [1.82, 2.24) is 9.88 Å². The van der Waals surface area contributed by atoms with Gasteiger partial charge in [-0.05, 0) is 73.8 Å². The zero-order valence-electron chi connectivity index (χ0n) is 27.1. The summed E-state index contributed by atoms with van der Waals surface area (Å²) >= 11 is 0. The van der Waals surface area contributed by atoms with Gasteiger partial charge in [0, 0.05) is 45.6 Å². The van der Waals surface area contributed by atoms with E-state index in [0.717, 1.165) is 49.9 Å². The third kappa shape index (κ3) is 4.02. The molecule has 47 heavy (non-hydrogen) atoms. The lowest BCUT2D eigenvalue weighted by atomic mass is 9.73. The highest BCUT2D eigenvalue weighted by atomic mass is 15.3. The van der Waals surface area contributed by atoms with Crippen LogP contribution < -0.4 is 4.90 Å². The molecular weight excluding hydrogens is 571 g/mol. The summed E-state index contributed by atoms with van der Waals surface area (Å²) in [6.45, 7) is 2.55. The molecular formula is C44H41N3. The van der Waals surface area contributed by atoms with E-state index in [1.807, 2.05) is 0 Å². The molecule has 0 fully saturated rings. The lowest BCUT2D eigenvalue weighted by Crippen LogP contribution is -2.54. The molecule has 0 saturated heterocycles. The Balaban J connectivity index is 1.21. The minimum Gasteiger partial charge on any atom is -0.361 e. The number of para-hydroxylation sites is 1. The van der Waals surface area contributed by atoms with Crippen LogP contribution in [0, 0.1) is 17.8 Å². The molecule has 0 bridgehead atoms. The van der Waals surface area contributed by atoms with E-state index in [9.17, 15) is 0 Å². The number of hydrogen-bond donors (Lipinski definition) is 0. The lowest BCUT2D eigenvalue weighted by molar-refractivity contribution is 0.0899. The average Bonchev–Trinajstić information content (AvgIpc) is 3.42. The van der Waals surface area contributed by atoms with Crippen molar-refractivity contribution in [2.75, 3.05) is 4.90 Å². The van der Waals surface area contributed by atoms with E-state index in [2.05, 4.69) is 144 Å². The number of anilines is 1. The quantitative estimate of drug-likeness (QED) is 0.337. The van der Waals surface area contributed by atoms with Crippen LogP contribution >= 0.6 is 0 Å². The number of allylic oxidation sites excluding steroid dienone is 14. The maximum atomic E-state index is 5.56. The van der Waals surface area contributed by atoms with Crippen LogP contribution in [-0.2, 0) is 6.42 Å². The van der Waals surface area contributed by atoms with Gasteiger partial charge < -0.3 is 9.80 Å². The zero-order chi connectivity index (χ0) is 31.1. The van der Waals surface area contributed by atoms with Gasteiger partial charge >= 0.3 is 0 Å². The van der Waals surface area contributed by atoms with Gasteiger partial charge in [-0.3, -0.25) is 0 Å². The second-order valence-electron chi connectivity index (χ2n) is 14.7. The van der Waals surface area contributed by atoms with Crippen LogP contribution in [0.5, 0.6) is 0 Å². The number of pyridine rings is 1. The Morgan fingerprint density at radius 1 is 0.787 bits per heavy atom. The van der Waals surface area contributed by atoms with Gasteiger partial charge in [0.25, 0.3) is 0 Å². The van der Waals surface area contributed by atoms with E-state index < -0.39 is 0 Å². The highest BCUT2D eigenvalue weighted by Gasteiger charge is 2.53. The Bertz CT molecular complexity index is 2050.